The number of thiophene rings is 1. The van der Waals surface area contributed by atoms with Crippen LogP contribution in [0.25, 0.3) is 21.6 Å². The minimum Gasteiger partial charge on any atom is -0.481 e. The Balaban J connectivity index is 1.82. The number of nitrogens with zero attached hydrogens (tertiary/aromatic N) is 3. The highest BCUT2D eigenvalue weighted by molar-refractivity contribution is 7.13. The third-order valence-electron chi connectivity index (χ3n) is 4.39. The number of fused-ring (bicyclic) bond motifs is 1. The van der Waals surface area contributed by atoms with Gasteiger partial charge in [0.15, 0.2) is 5.82 Å². The molecule has 6 heteroatoms. The van der Waals surface area contributed by atoms with Gasteiger partial charge in [0.25, 0.3) is 0 Å². The molecule has 24 heavy (non-hydrogen) atoms. The molecule has 1 N–H and O–H groups in total. The van der Waals surface area contributed by atoms with Crippen LogP contribution in [0.3, 0.4) is 0 Å². The number of aromatic nitrogens is 2. The molecule has 0 radical (unpaired) electrons. The SMILES string of the molecule is O=C(O)C1CCCN(c2nc(-c3cccs3)nc3ccccc23)C1. The van der Waals surface area contributed by atoms with Gasteiger partial charge in [-0.15, -0.1) is 11.3 Å². The fourth-order valence-corrected chi connectivity index (χ4v) is 3.85. The van der Waals surface area contributed by atoms with Crippen molar-refractivity contribution >= 4 is 34.0 Å². The van der Waals surface area contributed by atoms with E-state index in [0.29, 0.717) is 12.4 Å². The van der Waals surface area contributed by atoms with E-state index in [2.05, 4.69) is 9.88 Å². The van der Waals surface area contributed by atoms with Gasteiger partial charge in [-0.1, -0.05) is 18.2 Å². The zero-order chi connectivity index (χ0) is 16.5. The number of aliphatic carboxylic acids is 1. The standard InChI is InChI=1S/C18H17N3O2S/c22-18(23)12-5-3-9-21(11-12)17-13-6-1-2-7-14(13)19-16(20-17)15-8-4-10-24-15/h1-2,4,6-8,10,12H,3,5,9,11H2,(H,22,23). The maximum atomic E-state index is 11.4. The molecule has 1 aliphatic rings. The molecule has 1 fully saturated rings. The summed E-state index contributed by atoms with van der Waals surface area (Å²) in [6.45, 7) is 1.33. The fourth-order valence-electron chi connectivity index (χ4n) is 3.19. The lowest BCUT2D eigenvalue weighted by Gasteiger charge is -2.32. The van der Waals surface area contributed by atoms with Crippen molar-refractivity contribution in [2.75, 3.05) is 18.0 Å². The second-order valence-electron chi connectivity index (χ2n) is 5.99. The molecular weight excluding hydrogens is 322 g/mol. The van der Waals surface area contributed by atoms with Crippen LogP contribution in [0, 0.1) is 5.92 Å². The Morgan fingerprint density at radius 1 is 1.21 bits per heavy atom. The first-order chi connectivity index (χ1) is 11.7. The summed E-state index contributed by atoms with van der Waals surface area (Å²) in [5.74, 6) is 0.486. The van der Waals surface area contributed by atoms with Gasteiger partial charge in [-0.05, 0) is 36.4 Å². The number of carboxylic acid groups (broad SMARTS) is 1. The highest BCUT2D eigenvalue weighted by Crippen LogP contribution is 2.31. The predicted octanol–water partition coefficient (Wildman–Crippen LogP) is 3.66. The van der Waals surface area contributed by atoms with Crippen molar-refractivity contribution in [2.45, 2.75) is 12.8 Å². The van der Waals surface area contributed by atoms with E-state index in [0.717, 1.165) is 41.0 Å². The lowest BCUT2D eigenvalue weighted by atomic mass is 9.98. The number of hydrogen-bond donors (Lipinski definition) is 1. The molecule has 0 saturated carbocycles. The van der Waals surface area contributed by atoms with Gasteiger partial charge in [-0.3, -0.25) is 4.79 Å². The Kier molecular flexibility index (Phi) is 3.90. The molecule has 3 aromatic rings. The number of carbonyl (C=O) groups is 1. The molecule has 1 aromatic carbocycles. The summed E-state index contributed by atoms with van der Waals surface area (Å²) in [5.41, 5.74) is 0.892. The first-order valence-electron chi connectivity index (χ1n) is 8.01. The van der Waals surface area contributed by atoms with Crippen LogP contribution in [0.5, 0.6) is 0 Å². The number of piperidine rings is 1. The van der Waals surface area contributed by atoms with Gasteiger partial charge in [0, 0.05) is 18.5 Å². The summed E-state index contributed by atoms with van der Waals surface area (Å²) >= 11 is 1.61. The molecule has 3 heterocycles. The third-order valence-corrected chi connectivity index (χ3v) is 5.26. The Morgan fingerprint density at radius 2 is 2.08 bits per heavy atom. The minimum atomic E-state index is -0.725. The van der Waals surface area contributed by atoms with Gasteiger partial charge in [0.05, 0.1) is 16.3 Å². The number of anilines is 1. The molecule has 0 aliphatic carbocycles. The van der Waals surface area contributed by atoms with Crippen LogP contribution in [-0.2, 0) is 4.79 Å². The minimum absolute atomic E-state index is 0.335. The second-order valence-corrected chi connectivity index (χ2v) is 6.94. The molecule has 0 spiro atoms. The van der Waals surface area contributed by atoms with Gasteiger partial charge in [-0.2, -0.15) is 0 Å². The first-order valence-corrected chi connectivity index (χ1v) is 8.89. The summed E-state index contributed by atoms with van der Waals surface area (Å²) < 4.78 is 0. The van der Waals surface area contributed by atoms with Gasteiger partial charge in [0.2, 0.25) is 0 Å². The van der Waals surface area contributed by atoms with E-state index in [1.54, 1.807) is 11.3 Å². The van der Waals surface area contributed by atoms with Gasteiger partial charge >= 0.3 is 5.97 Å². The molecule has 0 amide bonds. The van der Waals surface area contributed by atoms with Crippen LogP contribution < -0.4 is 4.90 Å². The zero-order valence-electron chi connectivity index (χ0n) is 13.1. The molecule has 0 bridgehead atoms. The lowest BCUT2D eigenvalue weighted by Crippen LogP contribution is -2.39. The van der Waals surface area contributed by atoms with Crippen LogP contribution >= 0.6 is 11.3 Å². The molecule has 1 saturated heterocycles. The van der Waals surface area contributed by atoms with Gasteiger partial charge in [0.1, 0.15) is 5.82 Å². The van der Waals surface area contributed by atoms with E-state index in [1.165, 1.54) is 0 Å². The average molecular weight is 339 g/mol. The highest BCUT2D eigenvalue weighted by atomic mass is 32.1. The Morgan fingerprint density at radius 3 is 2.88 bits per heavy atom. The first kappa shape index (κ1) is 15.1. The van der Waals surface area contributed by atoms with E-state index >= 15 is 0 Å². The zero-order valence-corrected chi connectivity index (χ0v) is 13.9. The van der Waals surface area contributed by atoms with Crippen molar-refractivity contribution in [1.29, 1.82) is 0 Å². The normalized spacial score (nSPS) is 18.0. The summed E-state index contributed by atoms with van der Waals surface area (Å²) in [6, 6.07) is 11.9. The molecule has 1 unspecified atom stereocenters. The monoisotopic (exact) mass is 339 g/mol. The summed E-state index contributed by atoms with van der Waals surface area (Å²) in [6.07, 6.45) is 1.59. The van der Waals surface area contributed by atoms with Crippen molar-refractivity contribution in [2.24, 2.45) is 5.92 Å². The number of benzene rings is 1. The van der Waals surface area contributed by atoms with Crippen LogP contribution in [-0.4, -0.2) is 34.1 Å². The Labute approximate surface area is 143 Å². The number of hydrogen-bond acceptors (Lipinski definition) is 5. The molecule has 2 aromatic heterocycles. The quantitative estimate of drug-likeness (QED) is 0.789. The maximum absolute atomic E-state index is 11.4. The van der Waals surface area contributed by atoms with Crippen molar-refractivity contribution in [3.63, 3.8) is 0 Å². The molecule has 4 rings (SSSR count). The molecular formula is C18H17N3O2S. The largest absolute Gasteiger partial charge is 0.481 e. The van der Waals surface area contributed by atoms with Crippen LogP contribution in [0.4, 0.5) is 5.82 Å². The lowest BCUT2D eigenvalue weighted by molar-refractivity contribution is -0.141. The predicted molar refractivity (Wildman–Crippen MR) is 95.4 cm³/mol. The van der Waals surface area contributed by atoms with Crippen molar-refractivity contribution in [1.82, 2.24) is 9.97 Å². The Hall–Kier alpha value is -2.47. The van der Waals surface area contributed by atoms with Crippen molar-refractivity contribution < 1.29 is 9.90 Å². The summed E-state index contributed by atoms with van der Waals surface area (Å²) in [4.78, 5) is 24.0. The van der Waals surface area contributed by atoms with E-state index < -0.39 is 5.97 Å². The van der Waals surface area contributed by atoms with Gasteiger partial charge < -0.3 is 10.0 Å². The second kappa shape index (κ2) is 6.20. The molecule has 1 atom stereocenters. The average Bonchev–Trinajstić information content (AvgIpc) is 3.15. The fraction of sp³-hybridized carbons (Fsp3) is 0.278. The maximum Gasteiger partial charge on any atom is 0.308 e. The summed E-state index contributed by atoms with van der Waals surface area (Å²) in [7, 11) is 0. The molecule has 122 valence electrons. The topological polar surface area (TPSA) is 66.3 Å². The number of carboxylic acids is 1. The summed E-state index contributed by atoms with van der Waals surface area (Å²) in [5, 5.41) is 12.3. The van der Waals surface area contributed by atoms with E-state index in [9.17, 15) is 9.90 Å². The van der Waals surface area contributed by atoms with Crippen LogP contribution in [0.2, 0.25) is 0 Å². The molecule has 1 aliphatic heterocycles. The van der Waals surface area contributed by atoms with Crippen molar-refractivity contribution in [3.05, 3.63) is 41.8 Å². The van der Waals surface area contributed by atoms with Crippen LogP contribution in [0.1, 0.15) is 12.8 Å². The van der Waals surface area contributed by atoms with Crippen LogP contribution in [0.15, 0.2) is 41.8 Å². The van der Waals surface area contributed by atoms with E-state index in [1.807, 2.05) is 41.8 Å². The smallest absolute Gasteiger partial charge is 0.308 e. The molecule has 5 nitrogen and oxygen atoms in total. The number of para-hydroxylation sites is 1. The van der Waals surface area contributed by atoms with Crippen molar-refractivity contribution in [3.8, 4) is 10.7 Å². The highest BCUT2D eigenvalue weighted by Gasteiger charge is 2.27. The van der Waals surface area contributed by atoms with E-state index in [-0.39, 0.29) is 5.92 Å². The van der Waals surface area contributed by atoms with E-state index in [4.69, 9.17) is 4.98 Å². The Bertz CT molecular complexity index is 879. The number of rotatable bonds is 3. The van der Waals surface area contributed by atoms with Gasteiger partial charge in [-0.25, -0.2) is 9.97 Å². The third kappa shape index (κ3) is 2.73.